The number of hydrogen-bond donors (Lipinski definition) is 0. The van der Waals surface area contributed by atoms with E-state index in [9.17, 15) is 13.2 Å². The van der Waals surface area contributed by atoms with Crippen molar-refractivity contribution in [1.82, 2.24) is 4.90 Å². The van der Waals surface area contributed by atoms with Gasteiger partial charge in [0.1, 0.15) is 5.75 Å². The Bertz CT molecular complexity index is 796. The van der Waals surface area contributed by atoms with Gasteiger partial charge in [-0.25, -0.2) is 0 Å². The highest BCUT2D eigenvalue weighted by Crippen LogP contribution is 2.30. The number of benzene rings is 1. The topological polar surface area (TPSA) is 66.9 Å². The van der Waals surface area contributed by atoms with Crippen molar-refractivity contribution in [3.8, 4) is 5.75 Å². The molecule has 1 aromatic carbocycles. The predicted molar refractivity (Wildman–Crippen MR) is 124 cm³/mol. The molecular formula is C23H40N2O4S. The quantitative estimate of drug-likeness (QED) is 0.461. The Kier molecular flexibility index (Phi) is 9.66. The van der Waals surface area contributed by atoms with Gasteiger partial charge in [-0.05, 0) is 45.6 Å². The summed E-state index contributed by atoms with van der Waals surface area (Å²) in [5, 5.41) is 0. The molecule has 0 aliphatic carbocycles. The van der Waals surface area contributed by atoms with E-state index in [1.807, 2.05) is 51.7 Å². The molecule has 0 aliphatic rings. The van der Waals surface area contributed by atoms with Crippen molar-refractivity contribution >= 4 is 21.7 Å². The van der Waals surface area contributed by atoms with Crippen LogP contribution in [0.3, 0.4) is 0 Å². The Morgan fingerprint density at radius 3 is 2.17 bits per heavy atom. The van der Waals surface area contributed by atoms with E-state index in [0.29, 0.717) is 24.3 Å². The standard InChI is InChI=1S/C23H40N2O4S/c1-9-18(5)25(22(26)16-23(6,7)8)17-19-13-14-20(24(10-2)11-3)15-21(19)29-30(27,28)12-4/h13-15,18H,9-12,16-17H2,1-8H3/t18-/m1/s1. The fourth-order valence-corrected chi connectivity index (χ4v) is 3.73. The van der Waals surface area contributed by atoms with Crippen molar-refractivity contribution < 1.29 is 17.4 Å². The molecule has 0 aromatic heterocycles. The highest BCUT2D eigenvalue weighted by atomic mass is 32.2. The van der Waals surface area contributed by atoms with Crippen LogP contribution in [0.2, 0.25) is 0 Å². The maximum absolute atomic E-state index is 13.0. The van der Waals surface area contributed by atoms with E-state index in [1.54, 1.807) is 13.0 Å². The first-order valence-electron chi connectivity index (χ1n) is 11.0. The van der Waals surface area contributed by atoms with Gasteiger partial charge in [0, 0.05) is 49.4 Å². The molecule has 1 aromatic rings. The molecule has 1 atom stereocenters. The monoisotopic (exact) mass is 440 g/mol. The van der Waals surface area contributed by atoms with Crippen LogP contribution < -0.4 is 9.08 Å². The van der Waals surface area contributed by atoms with Gasteiger partial charge in [-0.15, -0.1) is 0 Å². The number of nitrogens with zero attached hydrogens (tertiary/aromatic N) is 2. The molecule has 0 aliphatic heterocycles. The molecule has 1 amide bonds. The van der Waals surface area contributed by atoms with Crippen LogP contribution in [0.15, 0.2) is 18.2 Å². The SMILES string of the molecule is CC[C@@H](C)N(Cc1ccc(N(CC)CC)cc1OS(=O)(=O)CC)C(=O)CC(C)(C)C. The molecule has 0 radical (unpaired) electrons. The minimum Gasteiger partial charge on any atom is -0.382 e. The smallest absolute Gasteiger partial charge is 0.308 e. The van der Waals surface area contributed by atoms with E-state index in [2.05, 4.69) is 18.7 Å². The van der Waals surface area contributed by atoms with Gasteiger partial charge in [-0.1, -0.05) is 33.8 Å². The summed E-state index contributed by atoms with van der Waals surface area (Å²) in [7, 11) is -3.68. The van der Waals surface area contributed by atoms with Crippen LogP contribution in [0.5, 0.6) is 5.75 Å². The molecule has 0 fully saturated rings. The van der Waals surface area contributed by atoms with Crippen LogP contribution in [-0.2, 0) is 21.5 Å². The normalized spacial score (nSPS) is 13.1. The molecular weight excluding hydrogens is 400 g/mol. The van der Waals surface area contributed by atoms with Crippen molar-refractivity contribution in [2.24, 2.45) is 5.41 Å². The molecule has 0 saturated carbocycles. The number of anilines is 1. The van der Waals surface area contributed by atoms with Crippen molar-refractivity contribution in [1.29, 1.82) is 0 Å². The summed E-state index contributed by atoms with van der Waals surface area (Å²) in [6, 6.07) is 5.67. The lowest BCUT2D eigenvalue weighted by molar-refractivity contribution is -0.135. The third-order valence-corrected chi connectivity index (χ3v) is 6.36. The van der Waals surface area contributed by atoms with E-state index < -0.39 is 10.1 Å². The van der Waals surface area contributed by atoms with E-state index in [-0.39, 0.29) is 23.1 Å². The Labute approximate surface area is 183 Å². The van der Waals surface area contributed by atoms with Gasteiger partial charge in [0.2, 0.25) is 5.91 Å². The highest BCUT2D eigenvalue weighted by Gasteiger charge is 2.26. The fraction of sp³-hybridized carbons (Fsp3) is 0.696. The first-order chi connectivity index (χ1) is 13.9. The highest BCUT2D eigenvalue weighted by molar-refractivity contribution is 7.87. The number of amides is 1. The van der Waals surface area contributed by atoms with Gasteiger partial charge < -0.3 is 14.0 Å². The molecule has 30 heavy (non-hydrogen) atoms. The van der Waals surface area contributed by atoms with Crippen molar-refractivity contribution in [2.75, 3.05) is 23.7 Å². The molecule has 0 heterocycles. The second kappa shape index (κ2) is 11.0. The summed E-state index contributed by atoms with van der Waals surface area (Å²) in [5.74, 6) is 0.257. The Balaban J connectivity index is 3.38. The molecule has 0 unspecified atom stereocenters. The molecule has 1 rings (SSSR count). The summed E-state index contributed by atoms with van der Waals surface area (Å²) in [6.07, 6.45) is 1.25. The van der Waals surface area contributed by atoms with Crippen LogP contribution in [0, 0.1) is 5.41 Å². The zero-order valence-corrected chi connectivity index (χ0v) is 20.8. The number of carbonyl (C=O) groups excluding carboxylic acids is 1. The third kappa shape index (κ3) is 7.82. The van der Waals surface area contributed by atoms with Gasteiger partial charge in [0.15, 0.2) is 0 Å². The molecule has 0 bridgehead atoms. The summed E-state index contributed by atoms with van der Waals surface area (Å²) >= 11 is 0. The zero-order chi connectivity index (χ0) is 23.1. The van der Waals surface area contributed by atoms with E-state index in [0.717, 1.165) is 25.2 Å². The summed E-state index contributed by atoms with van der Waals surface area (Å²) in [5.41, 5.74) is 1.48. The van der Waals surface area contributed by atoms with Gasteiger partial charge in [0.05, 0.1) is 5.75 Å². The van der Waals surface area contributed by atoms with E-state index >= 15 is 0 Å². The lowest BCUT2D eigenvalue weighted by Crippen LogP contribution is -2.39. The molecule has 0 saturated heterocycles. The summed E-state index contributed by atoms with van der Waals surface area (Å²) < 4.78 is 29.9. The minimum atomic E-state index is -3.68. The Hall–Kier alpha value is -1.76. The lowest BCUT2D eigenvalue weighted by atomic mass is 9.91. The van der Waals surface area contributed by atoms with Crippen LogP contribution in [0.1, 0.15) is 73.8 Å². The average molecular weight is 441 g/mol. The lowest BCUT2D eigenvalue weighted by Gasteiger charge is -2.32. The van der Waals surface area contributed by atoms with Crippen molar-refractivity contribution in [3.63, 3.8) is 0 Å². The second-order valence-electron chi connectivity index (χ2n) is 8.91. The number of carbonyl (C=O) groups is 1. The van der Waals surface area contributed by atoms with Gasteiger partial charge in [-0.3, -0.25) is 4.79 Å². The maximum atomic E-state index is 13.0. The summed E-state index contributed by atoms with van der Waals surface area (Å²) in [6.45, 7) is 17.8. The average Bonchev–Trinajstić information content (AvgIpc) is 2.66. The number of hydrogen-bond acceptors (Lipinski definition) is 5. The molecule has 6 nitrogen and oxygen atoms in total. The fourth-order valence-electron chi connectivity index (χ4n) is 3.18. The third-order valence-electron chi connectivity index (χ3n) is 5.22. The minimum absolute atomic E-state index is 0.0398. The van der Waals surface area contributed by atoms with Crippen LogP contribution in [0.25, 0.3) is 0 Å². The first kappa shape index (κ1) is 26.3. The van der Waals surface area contributed by atoms with Crippen molar-refractivity contribution in [3.05, 3.63) is 23.8 Å². The molecule has 0 spiro atoms. The van der Waals surface area contributed by atoms with Crippen molar-refractivity contribution in [2.45, 2.75) is 80.8 Å². The summed E-state index contributed by atoms with van der Waals surface area (Å²) in [4.78, 5) is 17.0. The predicted octanol–water partition coefficient (Wildman–Crippen LogP) is 4.82. The van der Waals surface area contributed by atoms with Gasteiger partial charge >= 0.3 is 10.1 Å². The molecule has 0 N–H and O–H groups in total. The van der Waals surface area contributed by atoms with Crippen LogP contribution in [0.4, 0.5) is 5.69 Å². The van der Waals surface area contributed by atoms with Gasteiger partial charge in [-0.2, -0.15) is 8.42 Å². The molecule has 172 valence electrons. The van der Waals surface area contributed by atoms with Gasteiger partial charge in [0.25, 0.3) is 0 Å². The number of rotatable bonds is 11. The maximum Gasteiger partial charge on any atom is 0.308 e. The largest absolute Gasteiger partial charge is 0.382 e. The zero-order valence-electron chi connectivity index (χ0n) is 20.0. The Morgan fingerprint density at radius 2 is 1.70 bits per heavy atom. The van der Waals surface area contributed by atoms with Crippen LogP contribution in [-0.4, -0.2) is 44.1 Å². The van der Waals surface area contributed by atoms with E-state index in [4.69, 9.17) is 4.18 Å². The first-order valence-corrected chi connectivity index (χ1v) is 12.5. The molecule has 7 heteroatoms. The van der Waals surface area contributed by atoms with E-state index in [1.165, 1.54) is 0 Å². The second-order valence-corrected chi connectivity index (χ2v) is 10.8. The Morgan fingerprint density at radius 1 is 1.10 bits per heavy atom. The van der Waals surface area contributed by atoms with Crippen LogP contribution >= 0.6 is 0 Å².